The largest absolute Gasteiger partial charge is 0.363 e. The van der Waals surface area contributed by atoms with E-state index in [9.17, 15) is 9.59 Å². The summed E-state index contributed by atoms with van der Waals surface area (Å²) >= 11 is 2.04. The molecule has 2 N–H and O–H groups in total. The summed E-state index contributed by atoms with van der Waals surface area (Å²) in [5, 5.41) is 8.64. The Bertz CT molecular complexity index is 523. The molecule has 2 saturated heterocycles. The van der Waals surface area contributed by atoms with Crippen LogP contribution in [0.5, 0.6) is 0 Å². The first kappa shape index (κ1) is 16.3. The third kappa shape index (κ3) is 4.48. The van der Waals surface area contributed by atoms with Gasteiger partial charge in [-0.3, -0.25) is 19.8 Å². The van der Waals surface area contributed by atoms with E-state index in [1.54, 1.807) is 0 Å². The number of likely N-dealkylation sites (tertiary alicyclic amines) is 1. The molecule has 2 aliphatic heterocycles. The highest BCUT2D eigenvalue weighted by Crippen LogP contribution is 2.26. The number of amides is 2. The fourth-order valence-electron chi connectivity index (χ4n) is 3.10. The molecule has 1 atom stereocenters. The van der Waals surface area contributed by atoms with Crippen molar-refractivity contribution in [3.63, 3.8) is 0 Å². The summed E-state index contributed by atoms with van der Waals surface area (Å²) in [5.41, 5.74) is 0. The number of carbonyl (C=O) groups is 2. The summed E-state index contributed by atoms with van der Waals surface area (Å²) in [6, 6.07) is 2.23. The van der Waals surface area contributed by atoms with Gasteiger partial charge in [-0.25, -0.2) is 0 Å². The first-order valence-electron chi connectivity index (χ1n) is 8.03. The molecule has 126 valence electrons. The Balaban J connectivity index is 1.35. The van der Waals surface area contributed by atoms with Crippen LogP contribution in [0, 0.1) is 5.92 Å². The van der Waals surface area contributed by atoms with E-state index >= 15 is 0 Å². The Morgan fingerprint density at radius 2 is 2.13 bits per heavy atom. The Kier molecular flexibility index (Phi) is 5.56. The number of piperidine rings is 1. The molecule has 2 fully saturated rings. The maximum atomic E-state index is 11.8. The van der Waals surface area contributed by atoms with Gasteiger partial charge in [0.25, 0.3) is 0 Å². The third-order valence-corrected chi connectivity index (χ3v) is 5.65. The summed E-state index contributed by atoms with van der Waals surface area (Å²) in [7, 11) is 0. The lowest BCUT2D eigenvalue weighted by molar-refractivity contribution is -0.136. The molecule has 7 nitrogen and oxygen atoms in total. The quantitative estimate of drug-likeness (QED) is 0.795. The van der Waals surface area contributed by atoms with Gasteiger partial charge in [0.05, 0.1) is 0 Å². The standard InChI is InChI=1S/C15H22N4O3S/c20-14(15(21)17-13-3-7-22-18-13)16-9-11-1-5-19(6-2-11)12-4-8-23-10-12/h3,7,11-12H,1-2,4-6,8-10H2,(H,16,20)(H,17,18,21). The predicted octanol–water partition coefficient (Wildman–Crippen LogP) is 0.947. The minimum absolute atomic E-state index is 0.243. The number of carbonyl (C=O) groups excluding carboxylic acids is 2. The van der Waals surface area contributed by atoms with Crippen LogP contribution in [-0.2, 0) is 9.59 Å². The molecule has 23 heavy (non-hydrogen) atoms. The molecule has 0 aromatic carbocycles. The van der Waals surface area contributed by atoms with Crippen molar-refractivity contribution < 1.29 is 14.1 Å². The molecule has 1 unspecified atom stereocenters. The van der Waals surface area contributed by atoms with E-state index in [0.717, 1.165) is 32.0 Å². The van der Waals surface area contributed by atoms with Gasteiger partial charge in [-0.15, -0.1) is 0 Å². The number of nitrogens with one attached hydrogen (secondary N) is 2. The number of thioether (sulfide) groups is 1. The molecule has 2 amide bonds. The molecule has 0 spiro atoms. The van der Waals surface area contributed by atoms with Gasteiger partial charge in [-0.1, -0.05) is 5.16 Å². The maximum Gasteiger partial charge on any atom is 0.314 e. The fourth-order valence-corrected chi connectivity index (χ4v) is 4.35. The zero-order chi connectivity index (χ0) is 16.1. The first-order valence-corrected chi connectivity index (χ1v) is 9.19. The minimum atomic E-state index is -0.709. The zero-order valence-corrected chi connectivity index (χ0v) is 13.8. The normalized spacial score (nSPS) is 22.9. The van der Waals surface area contributed by atoms with Gasteiger partial charge in [0.15, 0.2) is 5.82 Å². The minimum Gasteiger partial charge on any atom is -0.363 e. The molecule has 3 heterocycles. The number of anilines is 1. The van der Waals surface area contributed by atoms with Crippen molar-refractivity contribution in [3.05, 3.63) is 12.3 Å². The van der Waals surface area contributed by atoms with Crippen molar-refractivity contribution in [1.82, 2.24) is 15.4 Å². The number of nitrogens with zero attached hydrogens (tertiary/aromatic N) is 2. The average Bonchev–Trinajstić information content (AvgIpc) is 3.26. The summed E-state index contributed by atoms with van der Waals surface area (Å²) < 4.78 is 4.60. The molecule has 2 aliphatic rings. The van der Waals surface area contributed by atoms with E-state index < -0.39 is 11.8 Å². The second-order valence-corrected chi connectivity index (χ2v) is 7.20. The van der Waals surface area contributed by atoms with Crippen LogP contribution in [0.3, 0.4) is 0 Å². The molecule has 0 radical (unpaired) electrons. The van der Waals surface area contributed by atoms with Gasteiger partial charge in [0.2, 0.25) is 0 Å². The molecule has 0 aliphatic carbocycles. The maximum absolute atomic E-state index is 11.8. The third-order valence-electron chi connectivity index (χ3n) is 4.51. The van der Waals surface area contributed by atoms with Gasteiger partial charge in [0, 0.05) is 24.4 Å². The van der Waals surface area contributed by atoms with Crippen molar-refractivity contribution in [2.75, 3.05) is 36.5 Å². The van der Waals surface area contributed by atoms with Gasteiger partial charge in [0.1, 0.15) is 6.26 Å². The number of aromatic nitrogens is 1. The number of rotatable bonds is 4. The molecule has 3 rings (SSSR count). The lowest BCUT2D eigenvalue weighted by atomic mass is 9.95. The molecule has 0 saturated carbocycles. The predicted molar refractivity (Wildman–Crippen MR) is 88.2 cm³/mol. The van der Waals surface area contributed by atoms with Crippen molar-refractivity contribution in [2.24, 2.45) is 5.92 Å². The highest BCUT2D eigenvalue weighted by molar-refractivity contribution is 7.99. The highest BCUT2D eigenvalue weighted by atomic mass is 32.2. The van der Waals surface area contributed by atoms with Crippen LogP contribution in [0.2, 0.25) is 0 Å². The summed E-state index contributed by atoms with van der Waals surface area (Å²) in [6.07, 6.45) is 4.79. The molecule has 8 heteroatoms. The van der Waals surface area contributed by atoms with E-state index in [1.807, 2.05) is 11.8 Å². The van der Waals surface area contributed by atoms with Gasteiger partial charge < -0.3 is 9.84 Å². The molecular weight excluding hydrogens is 316 g/mol. The van der Waals surface area contributed by atoms with Gasteiger partial charge >= 0.3 is 11.8 Å². The first-order chi connectivity index (χ1) is 11.2. The van der Waals surface area contributed by atoms with Crippen LogP contribution in [0.1, 0.15) is 19.3 Å². The lowest BCUT2D eigenvalue weighted by Crippen LogP contribution is -2.45. The monoisotopic (exact) mass is 338 g/mol. The van der Waals surface area contributed by atoms with E-state index in [2.05, 4.69) is 25.2 Å². The van der Waals surface area contributed by atoms with E-state index in [4.69, 9.17) is 0 Å². The highest BCUT2D eigenvalue weighted by Gasteiger charge is 2.27. The Hall–Kier alpha value is -1.54. The van der Waals surface area contributed by atoms with Crippen LogP contribution in [-0.4, -0.2) is 59.1 Å². The van der Waals surface area contributed by atoms with Crippen LogP contribution >= 0.6 is 11.8 Å². The smallest absolute Gasteiger partial charge is 0.314 e. The van der Waals surface area contributed by atoms with Crippen molar-refractivity contribution in [1.29, 1.82) is 0 Å². The van der Waals surface area contributed by atoms with Gasteiger partial charge in [-0.05, 0) is 44.0 Å². The van der Waals surface area contributed by atoms with E-state index in [1.165, 1.54) is 30.3 Å². The van der Waals surface area contributed by atoms with Crippen molar-refractivity contribution in [2.45, 2.75) is 25.3 Å². The lowest BCUT2D eigenvalue weighted by Gasteiger charge is -2.35. The second kappa shape index (κ2) is 7.83. The van der Waals surface area contributed by atoms with Crippen molar-refractivity contribution in [3.8, 4) is 0 Å². The van der Waals surface area contributed by atoms with E-state index in [-0.39, 0.29) is 5.82 Å². The van der Waals surface area contributed by atoms with Crippen molar-refractivity contribution >= 4 is 29.4 Å². The SMILES string of the molecule is O=C(NCC1CCN(C2CCSC2)CC1)C(=O)Nc1ccon1. The average molecular weight is 338 g/mol. The molecule has 1 aromatic rings. The van der Waals surface area contributed by atoms with Crippen LogP contribution < -0.4 is 10.6 Å². The second-order valence-electron chi connectivity index (χ2n) is 6.05. The molecular formula is C15H22N4O3S. The Morgan fingerprint density at radius 1 is 1.30 bits per heavy atom. The Labute approximate surface area is 139 Å². The molecule has 1 aromatic heterocycles. The van der Waals surface area contributed by atoms with E-state index in [0.29, 0.717) is 12.5 Å². The number of hydrogen-bond acceptors (Lipinski definition) is 6. The van der Waals surface area contributed by atoms with Crippen LogP contribution in [0.25, 0.3) is 0 Å². The number of hydrogen-bond donors (Lipinski definition) is 2. The summed E-state index contributed by atoms with van der Waals surface area (Å²) in [6.45, 7) is 2.74. The summed E-state index contributed by atoms with van der Waals surface area (Å²) in [5.74, 6) is 1.89. The van der Waals surface area contributed by atoms with Crippen LogP contribution in [0.15, 0.2) is 16.9 Å². The van der Waals surface area contributed by atoms with Gasteiger partial charge in [-0.2, -0.15) is 11.8 Å². The topological polar surface area (TPSA) is 87.5 Å². The van der Waals surface area contributed by atoms with Crippen LogP contribution in [0.4, 0.5) is 5.82 Å². The Morgan fingerprint density at radius 3 is 2.78 bits per heavy atom. The fraction of sp³-hybridized carbons (Fsp3) is 0.667. The molecule has 0 bridgehead atoms. The summed E-state index contributed by atoms with van der Waals surface area (Å²) in [4.78, 5) is 26.1. The zero-order valence-electron chi connectivity index (χ0n) is 13.0.